The Labute approximate surface area is 149 Å². The van der Waals surface area contributed by atoms with Gasteiger partial charge in [-0.05, 0) is 19.1 Å². The topological polar surface area (TPSA) is 115 Å². The van der Waals surface area contributed by atoms with Crippen LogP contribution in [0, 0.1) is 0 Å². The van der Waals surface area contributed by atoms with E-state index in [2.05, 4.69) is 15.7 Å². The second kappa shape index (κ2) is 7.42. The first-order chi connectivity index (χ1) is 12.5. The summed E-state index contributed by atoms with van der Waals surface area (Å²) in [5.74, 6) is 0.211. The van der Waals surface area contributed by atoms with Gasteiger partial charge >= 0.3 is 5.97 Å². The highest BCUT2D eigenvalue weighted by atomic mass is 16.5. The number of esters is 1. The van der Waals surface area contributed by atoms with Crippen molar-refractivity contribution in [1.29, 1.82) is 0 Å². The molecule has 2 N–H and O–H groups in total. The molecule has 0 saturated heterocycles. The molecule has 2 aromatic rings. The van der Waals surface area contributed by atoms with Crippen molar-refractivity contribution >= 4 is 29.4 Å². The van der Waals surface area contributed by atoms with Crippen molar-refractivity contribution in [2.75, 3.05) is 17.2 Å². The third kappa shape index (κ3) is 3.61. The first-order valence-electron chi connectivity index (χ1n) is 8.35. The molecule has 0 fully saturated rings. The predicted molar refractivity (Wildman–Crippen MR) is 91.5 cm³/mol. The van der Waals surface area contributed by atoms with Gasteiger partial charge in [0.1, 0.15) is 11.6 Å². The fourth-order valence-corrected chi connectivity index (χ4v) is 2.96. The molecular weight excluding hydrogens is 340 g/mol. The molecule has 1 aliphatic heterocycles. The van der Waals surface area contributed by atoms with Gasteiger partial charge in [-0.1, -0.05) is 0 Å². The fraction of sp³-hybridized carbons (Fsp3) is 0.412. The largest absolute Gasteiger partial charge is 0.469 e. The van der Waals surface area contributed by atoms with Gasteiger partial charge < -0.3 is 19.8 Å². The van der Waals surface area contributed by atoms with Crippen molar-refractivity contribution in [2.45, 2.75) is 32.1 Å². The van der Waals surface area contributed by atoms with Gasteiger partial charge in [0.05, 0.1) is 30.8 Å². The lowest BCUT2D eigenvalue weighted by atomic mass is 9.91. The van der Waals surface area contributed by atoms with E-state index in [9.17, 15) is 14.4 Å². The molecule has 0 unspecified atom stereocenters. The van der Waals surface area contributed by atoms with E-state index < -0.39 is 5.97 Å². The normalized spacial score (nSPS) is 15.9. The Hall–Kier alpha value is -3.10. The quantitative estimate of drug-likeness (QED) is 0.759. The summed E-state index contributed by atoms with van der Waals surface area (Å²) in [6.07, 6.45) is 1.71. The van der Waals surface area contributed by atoms with E-state index in [4.69, 9.17) is 9.15 Å². The van der Waals surface area contributed by atoms with Crippen molar-refractivity contribution in [2.24, 2.45) is 7.05 Å². The molecule has 3 rings (SSSR count). The number of hydrogen-bond donors (Lipinski definition) is 2. The fourth-order valence-electron chi connectivity index (χ4n) is 2.96. The molecule has 2 aromatic heterocycles. The second-order valence-corrected chi connectivity index (χ2v) is 5.91. The first-order valence-corrected chi connectivity index (χ1v) is 8.35. The Kier molecular flexibility index (Phi) is 5.06. The minimum absolute atomic E-state index is 0.00690. The Bertz CT molecular complexity index is 825. The molecule has 1 aliphatic rings. The lowest BCUT2D eigenvalue weighted by Gasteiger charge is -2.22. The molecule has 9 nitrogen and oxygen atoms in total. The second-order valence-electron chi connectivity index (χ2n) is 5.91. The van der Waals surface area contributed by atoms with Gasteiger partial charge in [0.2, 0.25) is 11.8 Å². The molecule has 0 spiro atoms. The Balaban J connectivity index is 1.81. The van der Waals surface area contributed by atoms with Crippen LogP contribution in [0.1, 0.15) is 43.4 Å². The smallest absolute Gasteiger partial charge is 0.306 e. The Morgan fingerprint density at radius 2 is 2.27 bits per heavy atom. The highest BCUT2D eigenvalue weighted by Gasteiger charge is 2.34. The van der Waals surface area contributed by atoms with Gasteiger partial charge in [-0.3, -0.25) is 19.1 Å². The maximum atomic E-state index is 12.2. The SMILES string of the molecule is CCOC(=O)CCC(=O)Nc1nn(C)c2c1[C@@H](c1ccco1)CC(=O)N2. The summed E-state index contributed by atoms with van der Waals surface area (Å²) >= 11 is 0. The number of aromatic nitrogens is 2. The van der Waals surface area contributed by atoms with E-state index in [1.54, 1.807) is 26.1 Å². The van der Waals surface area contributed by atoms with Crippen LogP contribution in [-0.4, -0.2) is 34.2 Å². The van der Waals surface area contributed by atoms with Gasteiger partial charge in [0.15, 0.2) is 5.82 Å². The molecule has 0 saturated carbocycles. The van der Waals surface area contributed by atoms with Gasteiger partial charge in [-0.25, -0.2) is 0 Å². The van der Waals surface area contributed by atoms with Crippen LogP contribution >= 0.6 is 0 Å². The zero-order valence-corrected chi connectivity index (χ0v) is 14.6. The summed E-state index contributed by atoms with van der Waals surface area (Å²) in [6.45, 7) is 1.99. The molecule has 26 heavy (non-hydrogen) atoms. The summed E-state index contributed by atoms with van der Waals surface area (Å²) < 4.78 is 11.8. The summed E-state index contributed by atoms with van der Waals surface area (Å²) in [6, 6.07) is 3.53. The molecule has 0 aliphatic carbocycles. The van der Waals surface area contributed by atoms with E-state index in [1.165, 1.54) is 10.9 Å². The zero-order valence-electron chi connectivity index (χ0n) is 14.6. The molecular formula is C17H20N4O5. The third-order valence-corrected chi connectivity index (χ3v) is 4.09. The molecule has 0 bridgehead atoms. The van der Waals surface area contributed by atoms with Crippen molar-refractivity contribution in [1.82, 2.24) is 9.78 Å². The Morgan fingerprint density at radius 1 is 1.46 bits per heavy atom. The number of ether oxygens (including phenoxy) is 1. The predicted octanol–water partition coefficient (Wildman–Crippen LogP) is 1.77. The number of rotatable bonds is 6. The van der Waals surface area contributed by atoms with Crippen LogP contribution in [0.25, 0.3) is 0 Å². The maximum absolute atomic E-state index is 12.2. The summed E-state index contributed by atoms with van der Waals surface area (Å²) in [5.41, 5.74) is 0.687. The number of hydrogen-bond acceptors (Lipinski definition) is 6. The van der Waals surface area contributed by atoms with Gasteiger partial charge in [0, 0.05) is 19.9 Å². The molecule has 2 amide bonds. The number of carbonyl (C=O) groups is 3. The number of anilines is 2. The van der Waals surface area contributed by atoms with Crippen LogP contribution in [0.3, 0.4) is 0 Å². The van der Waals surface area contributed by atoms with Crippen LogP contribution in [0.2, 0.25) is 0 Å². The van der Waals surface area contributed by atoms with E-state index in [0.717, 1.165) is 0 Å². The van der Waals surface area contributed by atoms with Crippen molar-refractivity contribution in [3.8, 4) is 0 Å². The third-order valence-electron chi connectivity index (χ3n) is 4.09. The van der Waals surface area contributed by atoms with Crippen LogP contribution < -0.4 is 10.6 Å². The monoisotopic (exact) mass is 360 g/mol. The highest BCUT2D eigenvalue weighted by molar-refractivity contribution is 5.98. The maximum Gasteiger partial charge on any atom is 0.306 e. The number of amides is 2. The Morgan fingerprint density at radius 3 is 2.96 bits per heavy atom. The van der Waals surface area contributed by atoms with Gasteiger partial charge in [-0.15, -0.1) is 0 Å². The van der Waals surface area contributed by atoms with Crippen molar-refractivity contribution in [3.63, 3.8) is 0 Å². The minimum Gasteiger partial charge on any atom is -0.469 e. The number of nitrogens with zero attached hydrogens (tertiary/aromatic N) is 2. The van der Waals surface area contributed by atoms with Crippen molar-refractivity contribution in [3.05, 3.63) is 29.7 Å². The van der Waals surface area contributed by atoms with Crippen LogP contribution in [0.4, 0.5) is 11.6 Å². The zero-order chi connectivity index (χ0) is 18.7. The molecule has 0 radical (unpaired) electrons. The summed E-state index contributed by atoms with van der Waals surface area (Å²) in [4.78, 5) is 35.6. The molecule has 1 atom stereocenters. The lowest BCUT2D eigenvalue weighted by molar-refractivity contribution is -0.144. The van der Waals surface area contributed by atoms with Crippen LogP contribution in [0.5, 0.6) is 0 Å². The standard InChI is InChI=1S/C17H20N4O5/c1-3-25-14(24)7-6-12(22)18-16-15-10(11-5-4-8-26-11)9-13(23)19-17(15)21(2)20-16/h4-5,8,10H,3,6-7,9H2,1-2H3,(H,19,23)(H,18,20,22)/t10-/m1/s1. The van der Waals surface area contributed by atoms with Crippen molar-refractivity contribution < 1.29 is 23.5 Å². The number of fused-ring (bicyclic) bond motifs is 1. The van der Waals surface area contributed by atoms with E-state index in [1.807, 2.05) is 0 Å². The van der Waals surface area contributed by atoms with E-state index >= 15 is 0 Å². The van der Waals surface area contributed by atoms with Gasteiger partial charge in [0.25, 0.3) is 0 Å². The molecule has 0 aromatic carbocycles. The van der Waals surface area contributed by atoms with E-state index in [-0.39, 0.29) is 43.6 Å². The highest BCUT2D eigenvalue weighted by Crippen LogP contribution is 2.41. The average Bonchev–Trinajstić information content (AvgIpc) is 3.22. The van der Waals surface area contributed by atoms with E-state index in [0.29, 0.717) is 23.0 Å². The first kappa shape index (κ1) is 17.7. The molecule has 9 heteroatoms. The lowest BCUT2D eigenvalue weighted by Crippen LogP contribution is -2.25. The van der Waals surface area contributed by atoms with Crippen LogP contribution in [0.15, 0.2) is 22.8 Å². The summed E-state index contributed by atoms with van der Waals surface area (Å²) in [7, 11) is 1.68. The number of carbonyl (C=O) groups excluding carboxylic acids is 3. The van der Waals surface area contributed by atoms with Gasteiger partial charge in [-0.2, -0.15) is 5.10 Å². The minimum atomic E-state index is -0.425. The molecule has 138 valence electrons. The number of aryl methyl sites for hydroxylation is 1. The van der Waals surface area contributed by atoms with Crippen LogP contribution in [-0.2, 0) is 26.2 Å². The summed E-state index contributed by atoms with van der Waals surface area (Å²) in [5, 5.41) is 9.80. The number of nitrogens with one attached hydrogen (secondary N) is 2. The average molecular weight is 360 g/mol. The molecule has 3 heterocycles. The number of furan rings is 1.